The van der Waals surface area contributed by atoms with E-state index in [0.29, 0.717) is 23.7 Å². The number of carbonyl (C=O) groups excluding carboxylic acids is 2. The van der Waals surface area contributed by atoms with E-state index in [9.17, 15) is 9.59 Å². The molecule has 0 spiro atoms. The smallest absolute Gasteiger partial charge is 0.251 e. The fraction of sp³-hybridized carbons (Fsp3) is 0.263. The van der Waals surface area contributed by atoms with Gasteiger partial charge in [-0.05, 0) is 48.5 Å². The third-order valence-corrected chi connectivity index (χ3v) is 4.04. The van der Waals surface area contributed by atoms with Crippen LogP contribution in [0, 0.1) is 0 Å². The number of benzene rings is 2. The number of nitrogens with zero attached hydrogens (tertiary/aromatic N) is 2. The summed E-state index contributed by atoms with van der Waals surface area (Å²) in [5, 5.41) is 3.40. The van der Waals surface area contributed by atoms with Crippen LogP contribution in [0.2, 0.25) is 5.02 Å². The van der Waals surface area contributed by atoms with E-state index in [2.05, 4.69) is 5.32 Å². The van der Waals surface area contributed by atoms with E-state index < -0.39 is 0 Å². The summed E-state index contributed by atoms with van der Waals surface area (Å²) in [7, 11) is 3.92. The average Bonchev–Trinajstić information content (AvgIpc) is 2.59. The Labute approximate surface area is 153 Å². The van der Waals surface area contributed by atoms with Crippen LogP contribution in [0.25, 0.3) is 0 Å². The van der Waals surface area contributed by atoms with E-state index in [-0.39, 0.29) is 11.8 Å². The predicted octanol–water partition coefficient (Wildman–Crippen LogP) is 3.19. The lowest BCUT2D eigenvalue weighted by atomic mass is 10.2. The highest BCUT2D eigenvalue weighted by Gasteiger charge is 2.12. The van der Waals surface area contributed by atoms with Crippen molar-refractivity contribution in [3.05, 3.63) is 59.1 Å². The molecule has 25 heavy (non-hydrogen) atoms. The third-order valence-electron chi connectivity index (χ3n) is 3.79. The monoisotopic (exact) mass is 359 g/mol. The zero-order chi connectivity index (χ0) is 18.4. The summed E-state index contributed by atoms with van der Waals surface area (Å²) in [6.07, 6.45) is 0. The first kappa shape index (κ1) is 18.8. The lowest BCUT2D eigenvalue weighted by Crippen LogP contribution is -2.37. The summed E-state index contributed by atoms with van der Waals surface area (Å²) in [5.41, 5.74) is 2.40. The lowest BCUT2D eigenvalue weighted by Gasteiger charge is -2.22. The van der Waals surface area contributed by atoms with Gasteiger partial charge in [0.2, 0.25) is 5.91 Å². The fourth-order valence-corrected chi connectivity index (χ4v) is 2.51. The fourth-order valence-electron chi connectivity index (χ4n) is 2.38. The quantitative estimate of drug-likeness (QED) is 0.861. The van der Waals surface area contributed by atoms with Crippen LogP contribution in [0.15, 0.2) is 48.5 Å². The van der Waals surface area contributed by atoms with Gasteiger partial charge in [0.05, 0.1) is 0 Å². The van der Waals surface area contributed by atoms with Crippen molar-refractivity contribution in [2.45, 2.75) is 6.92 Å². The zero-order valence-corrected chi connectivity index (χ0v) is 15.4. The summed E-state index contributed by atoms with van der Waals surface area (Å²) >= 11 is 5.82. The Morgan fingerprint density at radius 3 is 2.04 bits per heavy atom. The van der Waals surface area contributed by atoms with Gasteiger partial charge in [0.15, 0.2) is 0 Å². The second-order valence-electron chi connectivity index (χ2n) is 5.84. The maximum absolute atomic E-state index is 12.1. The third kappa shape index (κ3) is 5.22. The van der Waals surface area contributed by atoms with Gasteiger partial charge in [0.25, 0.3) is 5.91 Å². The van der Waals surface area contributed by atoms with Gasteiger partial charge in [0, 0.05) is 56.1 Å². The molecule has 5 nitrogen and oxygen atoms in total. The summed E-state index contributed by atoms with van der Waals surface area (Å²) < 4.78 is 0. The van der Waals surface area contributed by atoms with Gasteiger partial charge in [-0.25, -0.2) is 0 Å². The van der Waals surface area contributed by atoms with Gasteiger partial charge in [0.1, 0.15) is 0 Å². The van der Waals surface area contributed by atoms with Crippen molar-refractivity contribution in [3.63, 3.8) is 0 Å². The van der Waals surface area contributed by atoms with E-state index in [1.54, 1.807) is 29.2 Å². The van der Waals surface area contributed by atoms with Crippen LogP contribution < -0.4 is 15.1 Å². The Balaban J connectivity index is 1.96. The standard InChI is InChI=1S/C19H22ClN3O2/c1-14(24)23(18-10-8-17(9-11-18)22(2)3)13-12-21-19(25)15-4-6-16(20)7-5-15/h4-11H,12-13H2,1-3H3,(H,21,25). The summed E-state index contributed by atoms with van der Waals surface area (Å²) in [4.78, 5) is 27.7. The van der Waals surface area contributed by atoms with Crippen LogP contribution in [-0.2, 0) is 4.79 Å². The molecule has 2 aromatic carbocycles. The van der Waals surface area contributed by atoms with Crippen molar-refractivity contribution in [1.29, 1.82) is 0 Å². The van der Waals surface area contributed by atoms with Gasteiger partial charge in [-0.2, -0.15) is 0 Å². The molecule has 6 heteroatoms. The Kier molecular flexibility index (Phi) is 6.42. The first-order valence-corrected chi connectivity index (χ1v) is 8.35. The van der Waals surface area contributed by atoms with Crippen molar-refractivity contribution in [2.75, 3.05) is 37.0 Å². The first-order chi connectivity index (χ1) is 11.9. The maximum atomic E-state index is 12.1. The summed E-state index contributed by atoms with van der Waals surface area (Å²) in [6.45, 7) is 2.27. The molecule has 0 saturated heterocycles. The van der Waals surface area contributed by atoms with E-state index in [1.165, 1.54) is 6.92 Å². The normalized spacial score (nSPS) is 10.2. The average molecular weight is 360 g/mol. The zero-order valence-electron chi connectivity index (χ0n) is 14.6. The van der Waals surface area contributed by atoms with E-state index >= 15 is 0 Å². The molecule has 0 aromatic heterocycles. The molecule has 0 fully saturated rings. The number of amides is 2. The van der Waals surface area contributed by atoms with Crippen molar-refractivity contribution in [2.24, 2.45) is 0 Å². The van der Waals surface area contributed by atoms with Gasteiger partial charge >= 0.3 is 0 Å². The molecule has 0 aliphatic carbocycles. The molecule has 1 N–H and O–H groups in total. The SMILES string of the molecule is CC(=O)N(CCNC(=O)c1ccc(Cl)cc1)c1ccc(N(C)C)cc1. The van der Waals surface area contributed by atoms with Gasteiger partial charge in [-0.3, -0.25) is 9.59 Å². The number of hydrogen-bond donors (Lipinski definition) is 1. The molecule has 0 aliphatic heterocycles. The second kappa shape index (κ2) is 8.53. The molecular weight excluding hydrogens is 338 g/mol. The molecule has 2 aromatic rings. The first-order valence-electron chi connectivity index (χ1n) is 7.97. The minimum Gasteiger partial charge on any atom is -0.378 e. The molecule has 0 radical (unpaired) electrons. The van der Waals surface area contributed by atoms with Crippen molar-refractivity contribution < 1.29 is 9.59 Å². The Morgan fingerprint density at radius 1 is 0.960 bits per heavy atom. The minimum atomic E-state index is -0.192. The highest BCUT2D eigenvalue weighted by Crippen LogP contribution is 2.19. The number of anilines is 2. The number of halogens is 1. The molecule has 0 atom stereocenters. The highest BCUT2D eigenvalue weighted by molar-refractivity contribution is 6.30. The summed E-state index contributed by atoms with van der Waals surface area (Å²) in [6, 6.07) is 14.4. The Hall–Kier alpha value is -2.53. The van der Waals surface area contributed by atoms with Crippen molar-refractivity contribution >= 4 is 34.8 Å². The second-order valence-corrected chi connectivity index (χ2v) is 6.28. The van der Waals surface area contributed by atoms with E-state index in [4.69, 9.17) is 11.6 Å². The van der Waals surface area contributed by atoms with Crippen LogP contribution in [-0.4, -0.2) is 39.0 Å². The number of carbonyl (C=O) groups is 2. The molecule has 2 amide bonds. The van der Waals surface area contributed by atoms with Gasteiger partial charge < -0.3 is 15.1 Å². The number of nitrogens with one attached hydrogen (secondary N) is 1. The topological polar surface area (TPSA) is 52.7 Å². The van der Waals surface area contributed by atoms with Gasteiger partial charge in [-0.1, -0.05) is 11.6 Å². The minimum absolute atomic E-state index is 0.0710. The van der Waals surface area contributed by atoms with Crippen LogP contribution in [0.4, 0.5) is 11.4 Å². The lowest BCUT2D eigenvalue weighted by molar-refractivity contribution is -0.116. The Bertz CT molecular complexity index is 727. The van der Waals surface area contributed by atoms with Crippen molar-refractivity contribution in [3.8, 4) is 0 Å². The number of rotatable bonds is 6. The van der Waals surface area contributed by atoms with Crippen LogP contribution in [0.3, 0.4) is 0 Å². The van der Waals surface area contributed by atoms with E-state index in [1.807, 2.05) is 43.3 Å². The van der Waals surface area contributed by atoms with Crippen LogP contribution >= 0.6 is 11.6 Å². The largest absolute Gasteiger partial charge is 0.378 e. The van der Waals surface area contributed by atoms with Crippen LogP contribution in [0.1, 0.15) is 17.3 Å². The molecule has 0 bridgehead atoms. The predicted molar refractivity (Wildman–Crippen MR) is 103 cm³/mol. The van der Waals surface area contributed by atoms with Gasteiger partial charge in [-0.15, -0.1) is 0 Å². The Morgan fingerprint density at radius 2 is 1.52 bits per heavy atom. The van der Waals surface area contributed by atoms with Crippen LogP contribution in [0.5, 0.6) is 0 Å². The van der Waals surface area contributed by atoms with Crippen molar-refractivity contribution in [1.82, 2.24) is 5.32 Å². The molecule has 0 heterocycles. The molecule has 0 unspecified atom stereocenters. The molecule has 0 aliphatic rings. The number of hydrogen-bond acceptors (Lipinski definition) is 3. The summed E-state index contributed by atoms with van der Waals surface area (Å²) in [5.74, 6) is -0.263. The maximum Gasteiger partial charge on any atom is 0.251 e. The molecular formula is C19H22ClN3O2. The molecule has 2 rings (SSSR count). The van der Waals surface area contributed by atoms with E-state index in [0.717, 1.165) is 11.4 Å². The molecule has 132 valence electrons. The highest BCUT2D eigenvalue weighted by atomic mass is 35.5. The molecule has 0 saturated carbocycles.